The lowest BCUT2D eigenvalue weighted by molar-refractivity contribution is 0.102. The van der Waals surface area contributed by atoms with Gasteiger partial charge in [0.15, 0.2) is 0 Å². The molecule has 138 valence electrons. The van der Waals surface area contributed by atoms with E-state index in [9.17, 15) is 13.2 Å². The van der Waals surface area contributed by atoms with Crippen molar-refractivity contribution in [1.29, 1.82) is 0 Å². The summed E-state index contributed by atoms with van der Waals surface area (Å²) in [5.41, 5.74) is 2.06. The van der Waals surface area contributed by atoms with E-state index in [1.807, 2.05) is 19.1 Å². The predicted octanol–water partition coefficient (Wildman–Crippen LogP) is 3.94. The van der Waals surface area contributed by atoms with E-state index in [1.54, 1.807) is 18.2 Å². The molecule has 1 fully saturated rings. The van der Waals surface area contributed by atoms with Crippen LogP contribution < -0.4 is 5.32 Å². The third kappa shape index (κ3) is 3.92. The van der Waals surface area contributed by atoms with Gasteiger partial charge in [0.25, 0.3) is 5.91 Å². The number of benzene rings is 2. The highest BCUT2D eigenvalue weighted by molar-refractivity contribution is 7.89. The van der Waals surface area contributed by atoms with E-state index in [0.717, 1.165) is 24.8 Å². The Bertz CT molecular complexity index is 905. The first kappa shape index (κ1) is 18.9. The molecule has 1 saturated heterocycles. The minimum atomic E-state index is -3.65. The first-order valence-electron chi connectivity index (χ1n) is 8.62. The first-order valence-corrected chi connectivity index (χ1v) is 10.4. The summed E-state index contributed by atoms with van der Waals surface area (Å²) in [6.45, 7) is 3.04. The van der Waals surface area contributed by atoms with Crippen LogP contribution in [0.25, 0.3) is 0 Å². The molecule has 1 N–H and O–H groups in total. The largest absolute Gasteiger partial charge is 0.322 e. The van der Waals surface area contributed by atoms with E-state index in [-0.39, 0.29) is 15.8 Å². The summed E-state index contributed by atoms with van der Waals surface area (Å²) < 4.78 is 27.0. The van der Waals surface area contributed by atoms with Gasteiger partial charge in [0.2, 0.25) is 10.0 Å². The zero-order chi connectivity index (χ0) is 18.7. The normalized spacial score (nSPS) is 15.2. The van der Waals surface area contributed by atoms with E-state index in [0.29, 0.717) is 24.3 Å². The number of hydrogen-bond acceptors (Lipinski definition) is 3. The Morgan fingerprint density at radius 2 is 1.77 bits per heavy atom. The Hall–Kier alpha value is -1.89. The van der Waals surface area contributed by atoms with E-state index >= 15 is 0 Å². The minimum Gasteiger partial charge on any atom is -0.322 e. The lowest BCUT2D eigenvalue weighted by atomic mass is 10.1. The molecule has 0 bridgehead atoms. The summed E-state index contributed by atoms with van der Waals surface area (Å²) in [5.74, 6) is -0.292. The van der Waals surface area contributed by atoms with Gasteiger partial charge in [0, 0.05) is 24.3 Å². The fourth-order valence-corrected chi connectivity index (χ4v) is 4.96. The van der Waals surface area contributed by atoms with Gasteiger partial charge in [-0.2, -0.15) is 4.31 Å². The van der Waals surface area contributed by atoms with Crippen LogP contribution in [-0.2, 0) is 16.4 Å². The van der Waals surface area contributed by atoms with Crippen LogP contribution in [-0.4, -0.2) is 31.7 Å². The van der Waals surface area contributed by atoms with Crippen LogP contribution in [0.1, 0.15) is 35.7 Å². The maximum atomic E-state index is 12.8. The molecule has 0 spiro atoms. The van der Waals surface area contributed by atoms with Crippen molar-refractivity contribution in [2.75, 3.05) is 18.4 Å². The van der Waals surface area contributed by atoms with Crippen LogP contribution in [0.3, 0.4) is 0 Å². The summed E-state index contributed by atoms with van der Waals surface area (Å²) in [6.07, 6.45) is 2.60. The van der Waals surface area contributed by atoms with Crippen molar-refractivity contribution in [2.24, 2.45) is 0 Å². The van der Waals surface area contributed by atoms with Crippen LogP contribution >= 0.6 is 11.6 Å². The van der Waals surface area contributed by atoms with Crippen LogP contribution in [0.2, 0.25) is 5.02 Å². The zero-order valence-corrected chi connectivity index (χ0v) is 16.1. The van der Waals surface area contributed by atoms with Crippen molar-refractivity contribution in [2.45, 2.75) is 31.1 Å². The van der Waals surface area contributed by atoms with Gasteiger partial charge in [-0.1, -0.05) is 30.7 Å². The van der Waals surface area contributed by atoms with Crippen LogP contribution in [0, 0.1) is 0 Å². The number of anilines is 1. The number of halogens is 1. The molecule has 0 radical (unpaired) electrons. The Kier molecular flexibility index (Phi) is 5.65. The smallest absolute Gasteiger partial charge is 0.255 e. The highest BCUT2D eigenvalue weighted by Crippen LogP contribution is 2.29. The quantitative estimate of drug-likeness (QED) is 0.838. The third-order valence-corrected chi connectivity index (χ3v) is 6.88. The van der Waals surface area contributed by atoms with E-state index < -0.39 is 10.0 Å². The number of nitrogens with one attached hydrogen (secondary N) is 1. The average molecular weight is 393 g/mol. The highest BCUT2D eigenvalue weighted by Gasteiger charge is 2.29. The average Bonchev–Trinajstić information content (AvgIpc) is 3.19. The molecule has 1 heterocycles. The van der Waals surface area contributed by atoms with Crippen molar-refractivity contribution in [3.63, 3.8) is 0 Å². The number of sulfonamides is 1. The standard InChI is InChI=1S/C19H21ClN2O3S/c1-2-14-5-7-15(8-6-14)19(23)21-16-9-10-17(20)18(13-16)26(24,25)22-11-3-4-12-22/h5-10,13H,2-4,11-12H2,1H3,(H,21,23). The molecular formula is C19H21ClN2O3S. The van der Waals surface area contributed by atoms with Gasteiger partial charge < -0.3 is 5.32 Å². The molecule has 1 aliphatic heterocycles. The van der Waals surface area contributed by atoms with Gasteiger partial charge in [-0.25, -0.2) is 8.42 Å². The second-order valence-electron chi connectivity index (χ2n) is 6.26. The summed E-state index contributed by atoms with van der Waals surface area (Å²) in [4.78, 5) is 12.4. The molecule has 0 aliphatic carbocycles. The topological polar surface area (TPSA) is 66.5 Å². The molecule has 0 atom stereocenters. The van der Waals surface area contributed by atoms with E-state index in [2.05, 4.69) is 5.32 Å². The number of carbonyl (C=O) groups is 1. The first-order chi connectivity index (χ1) is 12.4. The number of nitrogens with zero attached hydrogens (tertiary/aromatic N) is 1. The molecule has 1 aliphatic rings. The van der Waals surface area contributed by atoms with Gasteiger partial charge in [-0.05, 0) is 55.2 Å². The molecule has 2 aromatic rings. The Balaban J connectivity index is 1.83. The van der Waals surface area contributed by atoms with Crippen molar-refractivity contribution in [1.82, 2.24) is 4.31 Å². The van der Waals surface area contributed by atoms with E-state index in [1.165, 1.54) is 16.4 Å². The minimum absolute atomic E-state index is 0.0280. The van der Waals surface area contributed by atoms with Gasteiger partial charge >= 0.3 is 0 Å². The van der Waals surface area contributed by atoms with Crippen LogP contribution in [0.5, 0.6) is 0 Å². The number of aryl methyl sites for hydroxylation is 1. The molecule has 26 heavy (non-hydrogen) atoms. The Morgan fingerprint density at radius 1 is 1.12 bits per heavy atom. The van der Waals surface area contributed by atoms with Crippen LogP contribution in [0.15, 0.2) is 47.4 Å². The van der Waals surface area contributed by atoms with Crippen molar-refractivity contribution in [3.8, 4) is 0 Å². The van der Waals surface area contributed by atoms with Gasteiger partial charge in [-0.15, -0.1) is 0 Å². The summed E-state index contributed by atoms with van der Waals surface area (Å²) in [5, 5.41) is 2.90. The summed E-state index contributed by atoms with van der Waals surface area (Å²) in [7, 11) is -3.65. The molecule has 7 heteroatoms. The highest BCUT2D eigenvalue weighted by atomic mass is 35.5. The molecule has 2 aromatic carbocycles. The fourth-order valence-electron chi connectivity index (χ4n) is 2.94. The van der Waals surface area contributed by atoms with Crippen LogP contribution in [0.4, 0.5) is 5.69 Å². The van der Waals surface area contributed by atoms with Gasteiger partial charge in [-0.3, -0.25) is 4.79 Å². The van der Waals surface area contributed by atoms with Crippen molar-refractivity contribution in [3.05, 3.63) is 58.6 Å². The molecule has 3 rings (SSSR count). The third-order valence-electron chi connectivity index (χ3n) is 4.50. The number of rotatable bonds is 5. The number of carbonyl (C=O) groups excluding carboxylic acids is 1. The predicted molar refractivity (Wildman–Crippen MR) is 103 cm³/mol. The Labute approximate surface area is 159 Å². The summed E-state index contributed by atoms with van der Waals surface area (Å²) in [6, 6.07) is 11.8. The lowest BCUT2D eigenvalue weighted by Gasteiger charge is -2.17. The second kappa shape index (κ2) is 7.78. The molecule has 0 saturated carbocycles. The maximum Gasteiger partial charge on any atom is 0.255 e. The maximum absolute atomic E-state index is 12.8. The zero-order valence-electron chi connectivity index (χ0n) is 14.5. The molecule has 0 aromatic heterocycles. The van der Waals surface area contributed by atoms with E-state index in [4.69, 9.17) is 11.6 Å². The lowest BCUT2D eigenvalue weighted by Crippen LogP contribution is -2.28. The van der Waals surface area contributed by atoms with Gasteiger partial charge in [0.1, 0.15) is 4.90 Å². The molecule has 0 unspecified atom stereocenters. The SMILES string of the molecule is CCc1ccc(C(=O)Nc2ccc(Cl)c(S(=O)(=O)N3CCCC3)c2)cc1. The van der Waals surface area contributed by atoms with Crippen molar-refractivity contribution < 1.29 is 13.2 Å². The monoisotopic (exact) mass is 392 g/mol. The molecule has 5 nitrogen and oxygen atoms in total. The summed E-state index contributed by atoms with van der Waals surface area (Å²) >= 11 is 6.13. The van der Waals surface area contributed by atoms with Crippen molar-refractivity contribution >= 4 is 33.2 Å². The number of hydrogen-bond donors (Lipinski definition) is 1. The number of amides is 1. The Morgan fingerprint density at radius 3 is 2.38 bits per heavy atom. The fraction of sp³-hybridized carbons (Fsp3) is 0.316. The molecule has 1 amide bonds. The second-order valence-corrected chi connectivity index (χ2v) is 8.57. The van der Waals surface area contributed by atoms with Gasteiger partial charge in [0.05, 0.1) is 5.02 Å². The molecular weight excluding hydrogens is 372 g/mol.